The Labute approximate surface area is 117 Å². The summed E-state index contributed by atoms with van der Waals surface area (Å²) in [6.07, 6.45) is 1.95. The summed E-state index contributed by atoms with van der Waals surface area (Å²) in [4.78, 5) is 26.1. The number of aliphatic carboxylic acids is 1. The number of rotatable bonds is 4. The van der Waals surface area contributed by atoms with Crippen molar-refractivity contribution in [1.29, 1.82) is 0 Å². The van der Waals surface area contributed by atoms with Gasteiger partial charge in [-0.05, 0) is 38.0 Å². The summed E-state index contributed by atoms with van der Waals surface area (Å²) in [5.74, 6) is -1.36. The first-order chi connectivity index (χ1) is 9.31. The van der Waals surface area contributed by atoms with Crippen LogP contribution in [0.5, 0.6) is 0 Å². The van der Waals surface area contributed by atoms with Crippen LogP contribution in [0.1, 0.15) is 25.0 Å². The van der Waals surface area contributed by atoms with Gasteiger partial charge in [0.2, 0.25) is 5.91 Å². The van der Waals surface area contributed by atoms with Crippen molar-refractivity contribution >= 4 is 22.8 Å². The molecule has 1 amide bonds. The minimum absolute atomic E-state index is 0.154. The van der Waals surface area contributed by atoms with Crippen LogP contribution in [0.2, 0.25) is 0 Å². The molecule has 2 rings (SSSR count). The normalized spacial score (nSPS) is 11.6. The third-order valence-corrected chi connectivity index (χ3v) is 3.33. The molecule has 1 heterocycles. The highest BCUT2D eigenvalue weighted by Crippen LogP contribution is 2.22. The smallest absolute Gasteiger partial charge is 0.328 e. The zero-order valence-electron chi connectivity index (χ0n) is 11.8. The number of aromatic amines is 1. The van der Waals surface area contributed by atoms with Gasteiger partial charge in [-0.1, -0.05) is 12.1 Å². The van der Waals surface area contributed by atoms with Crippen molar-refractivity contribution in [1.82, 2.24) is 10.3 Å². The molecule has 5 nitrogen and oxygen atoms in total. The number of carbonyl (C=O) groups excluding carboxylic acids is 1. The number of aryl methyl sites for hydroxylation is 1. The Morgan fingerprint density at radius 2 is 2.05 bits per heavy atom. The fourth-order valence-corrected chi connectivity index (χ4v) is 2.21. The van der Waals surface area contributed by atoms with Crippen LogP contribution in [0, 0.1) is 6.92 Å². The molecule has 3 N–H and O–H groups in total. The summed E-state index contributed by atoms with van der Waals surface area (Å²) in [6.45, 7) is 4.92. The first-order valence-electron chi connectivity index (χ1n) is 6.41. The fourth-order valence-electron chi connectivity index (χ4n) is 2.21. The highest BCUT2D eigenvalue weighted by molar-refractivity contribution is 5.92. The Hall–Kier alpha value is -2.30. The molecule has 106 valence electrons. The number of H-pyrrole nitrogens is 1. The van der Waals surface area contributed by atoms with Gasteiger partial charge in [0.25, 0.3) is 0 Å². The van der Waals surface area contributed by atoms with Gasteiger partial charge in [0, 0.05) is 17.1 Å². The van der Waals surface area contributed by atoms with Gasteiger partial charge in [-0.3, -0.25) is 4.79 Å². The Kier molecular flexibility index (Phi) is 3.53. The van der Waals surface area contributed by atoms with Gasteiger partial charge >= 0.3 is 5.97 Å². The van der Waals surface area contributed by atoms with E-state index in [-0.39, 0.29) is 12.3 Å². The van der Waals surface area contributed by atoms with Crippen molar-refractivity contribution in [3.63, 3.8) is 0 Å². The van der Waals surface area contributed by atoms with E-state index < -0.39 is 11.5 Å². The second-order valence-electron chi connectivity index (χ2n) is 5.47. The van der Waals surface area contributed by atoms with Gasteiger partial charge in [-0.15, -0.1) is 0 Å². The lowest BCUT2D eigenvalue weighted by molar-refractivity contribution is -0.145. The average molecular weight is 274 g/mol. The molecular weight excluding hydrogens is 256 g/mol. The van der Waals surface area contributed by atoms with Crippen LogP contribution >= 0.6 is 0 Å². The number of hydrogen-bond acceptors (Lipinski definition) is 2. The minimum atomic E-state index is -1.27. The number of benzene rings is 1. The molecule has 0 spiro atoms. The van der Waals surface area contributed by atoms with Crippen molar-refractivity contribution in [3.05, 3.63) is 35.5 Å². The quantitative estimate of drug-likeness (QED) is 0.797. The number of hydrogen-bond donors (Lipinski definition) is 3. The summed E-state index contributed by atoms with van der Waals surface area (Å²) >= 11 is 0. The molecule has 0 bridgehead atoms. The van der Waals surface area contributed by atoms with Crippen LogP contribution < -0.4 is 5.32 Å². The van der Waals surface area contributed by atoms with Crippen LogP contribution in [0.15, 0.2) is 24.4 Å². The highest BCUT2D eigenvalue weighted by Gasteiger charge is 2.29. The maximum Gasteiger partial charge on any atom is 0.328 e. The topological polar surface area (TPSA) is 82.2 Å². The van der Waals surface area contributed by atoms with Gasteiger partial charge in [0.15, 0.2) is 0 Å². The standard InChI is InChI=1S/C15H18N2O3/c1-9-5-4-6-11-13(9)10(8-16-11)7-12(18)17-15(2,3)14(19)20/h4-6,8,16H,7H2,1-3H3,(H,17,18)(H,19,20). The molecule has 0 unspecified atom stereocenters. The predicted molar refractivity (Wildman–Crippen MR) is 76.6 cm³/mol. The van der Waals surface area contributed by atoms with Crippen molar-refractivity contribution in [2.45, 2.75) is 32.7 Å². The maximum absolute atomic E-state index is 12.0. The molecule has 0 aliphatic carbocycles. The van der Waals surface area contributed by atoms with Gasteiger partial charge in [-0.2, -0.15) is 0 Å². The van der Waals surface area contributed by atoms with Crippen LogP contribution in [-0.2, 0) is 16.0 Å². The van der Waals surface area contributed by atoms with Crippen LogP contribution in [-0.4, -0.2) is 27.5 Å². The lowest BCUT2D eigenvalue weighted by atomic mass is 10.0. The second kappa shape index (κ2) is 5.00. The molecule has 2 aromatic rings. The SMILES string of the molecule is Cc1cccc2[nH]cc(CC(=O)NC(C)(C)C(=O)O)c12. The third kappa shape index (κ3) is 2.66. The predicted octanol–water partition coefficient (Wildman–Crippen LogP) is 2.00. The maximum atomic E-state index is 12.0. The van der Waals surface area contributed by atoms with Crippen molar-refractivity contribution in [3.8, 4) is 0 Å². The van der Waals surface area contributed by atoms with E-state index in [9.17, 15) is 9.59 Å². The zero-order valence-corrected chi connectivity index (χ0v) is 11.8. The van der Waals surface area contributed by atoms with Gasteiger partial charge in [0.1, 0.15) is 5.54 Å². The number of amides is 1. The van der Waals surface area contributed by atoms with Gasteiger partial charge in [-0.25, -0.2) is 4.79 Å². The Bertz CT molecular complexity index is 671. The average Bonchev–Trinajstić information content (AvgIpc) is 2.72. The molecule has 0 saturated heterocycles. The number of aromatic nitrogens is 1. The van der Waals surface area contributed by atoms with E-state index in [1.54, 1.807) is 6.20 Å². The van der Waals surface area contributed by atoms with E-state index >= 15 is 0 Å². The second-order valence-corrected chi connectivity index (χ2v) is 5.47. The van der Waals surface area contributed by atoms with E-state index in [1.165, 1.54) is 13.8 Å². The Morgan fingerprint density at radius 1 is 1.35 bits per heavy atom. The molecule has 0 fully saturated rings. The van der Waals surface area contributed by atoms with Crippen molar-refractivity contribution < 1.29 is 14.7 Å². The molecule has 0 atom stereocenters. The minimum Gasteiger partial charge on any atom is -0.480 e. The van der Waals surface area contributed by atoms with Crippen LogP contribution in [0.3, 0.4) is 0 Å². The monoisotopic (exact) mass is 274 g/mol. The number of nitrogens with one attached hydrogen (secondary N) is 2. The van der Waals surface area contributed by atoms with E-state index in [4.69, 9.17) is 5.11 Å². The lowest BCUT2D eigenvalue weighted by Crippen LogP contribution is -2.50. The number of carbonyl (C=O) groups is 2. The fraction of sp³-hybridized carbons (Fsp3) is 0.333. The van der Waals surface area contributed by atoms with E-state index in [2.05, 4.69) is 10.3 Å². The van der Waals surface area contributed by atoms with Crippen LogP contribution in [0.25, 0.3) is 10.9 Å². The molecule has 0 saturated carbocycles. The van der Waals surface area contributed by atoms with Crippen molar-refractivity contribution in [2.24, 2.45) is 0 Å². The lowest BCUT2D eigenvalue weighted by Gasteiger charge is -2.20. The highest BCUT2D eigenvalue weighted by atomic mass is 16.4. The number of carboxylic acid groups (broad SMARTS) is 1. The molecular formula is C15H18N2O3. The number of fused-ring (bicyclic) bond motifs is 1. The van der Waals surface area contributed by atoms with Gasteiger partial charge in [0.05, 0.1) is 6.42 Å². The summed E-state index contributed by atoms with van der Waals surface area (Å²) in [5.41, 5.74) is 1.67. The van der Waals surface area contributed by atoms with E-state index in [0.29, 0.717) is 0 Å². The molecule has 0 radical (unpaired) electrons. The molecule has 5 heteroatoms. The van der Waals surface area contributed by atoms with E-state index in [0.717, 1.165) is 22.0 Å². The van der Waals surface area contributed by atoms with Crippen LogP contribution in [0.4, 0.5) is 0 Å². The van der Waals surface area contributed by atoms with Crippen molar-refractivity contribution in [2.75, 3.05) is 0 Å². The zero-order chi connectivity index (χ0) is 14.9. The Balaban J connectivity index is 2.21. The first-order valence-corrected chi connectivity index (χ1v) is 6.41. The first kappa shape index (κ1) is 14.1. The molecule has 0 aliphatic heterocycles. The summed E-state index contributed by atoms with van der Waals surface area (Å²) in [5, 5.41) is 12.6. The molecule has 0 aliphatic rings. The van der Waals surface area contributed by atoms with E-state index in [1.807, 2.05) is 25.1 Å². The number of carboxylic acids is 1. The van der Waals surface area contributed by atoms with Gasteiger partial charge < -0.3 is 15.4 Å². The summed E-state index contributed by atoms with van der Waals surface area (Å²) < 4.78 is 0. The molecule has 20 heavy (non-hydrogen) atoms. The molecule has 1 aromatic heterocycles. The molecule has 1 aromatic carbocycles. The third-order valence-electron chi connectivity index (χ3n) is 3.33. The largest absolute Gasteiger partial charge is 0.480 e. The Morgan fingerprint density at radius 3 is 2.70 bits per heavy atom. The summed E-state index contributed by atoms with van der Waals surface area (Å²) in [6, 6.07) is 5.88. The summed E-state index contributed by atoms with van der Waals surface area (Å²) in [7, 11) is 0.